The van der Waals surface area contributed by atoms with E-state index in [9.17, 15) is 8.42 Å². The van der Waals surface area contributed by atoms with Crippen molar-refractivity contribution in [3.8, 4) is 0 Å². The van der Waals surface area contributed by atoms with Crippen LogP contribution in [0, 0.1) is 13.8 Å². The molecule has 3 rings (SSSR count). The van der Waals surface area contributed by atoms with Crippen molar-refractivity contribution in [3.05, 3.63) is 75.9 Å². The highest BCUT2D eigenvalue weighted by Crippen LogP contribution is 2.24. The highest BCUT2D eigenvalue weighted by Gasteiger charge is 2.26. The van der Waals surface area contributed by atoms with Gasteiger partial charge in [0, 0.05) is 23.5 Å². The first-order valence-corrected chi connectivity index (χ1v) is 9.89. The topological polar surface area (TPSA) is 50.5 Å². The van der Waals surface area contributed by atoms with Crippen LogP contribution < -0.4 is 0 Å². The summed E-state index contributed by atoms with van der Waals surface area (Å²) in [5, 5.41) is 1.95. The molecule has 0 N–H and O–H groups in total. The van der Waals surface area contributed by atoms with Crippen molar-refractivity contribution in [3.63, 3.8) is 0 Å². The van der Waals surface area contributed by atoms with Crippen LogP contribution in [0.2, 0.25) is 0 Å². The molecular weight excluding hydrogens is 342 g/mol. The van der Waals surface area contributed by atoms with Gasteiger partial charge in [0.1, 0.15) is 0 Å². The van der Waals surface area contributed by atoms with Gasteiger partial charge in [-0.2, -0.15) is 4.31 Å². The second-order valence-corrected chi connectivity index (χ2v) is 8.70. The molecule has 4 nitrogen and oxygen atoms in total. The molecule has 0 amide bonds. The Labute approximate surface area is 146 Å². The van der Waals surface area contributed by atoms with Gasteiger partial charge in [-0.1, -0.05) is 12.1 Å². The molecule has 0 radical (unpaired) electrons. The summed E-state index contributed by atoms with van der Waals surface area (Å²) in [6.07, 6.45) is 3.14. The first-order chi connectivity index (χ1) is 11.5. The Bertz CT molecular complexity index is 862. The highest BCUT2D eigenvalue weighted by molar-refractivity contribution is 7.89. The molecule has 0 unspecified atom stereocenters. The van der Waals surface area contributed by atoms with Crippen LogP contribution in [0.3, 0.4) is 0 Å². The summed E-state index contributed by atoms with van der Waals surface area (Å²) in [6.45, 7) is 4.52. The van der Waals surface area contributed by atoms with E-state index in [0.29, 0.717) is 11.4 Å². The molecule has 0 saturated carbocycles. The fourth-order valence-corrected chi connectivity index (χ4v) is 4.70. The normalized spacial score (nSPS) is 12.0. The monoisotopic (exact) mass is 361 g/mol. The largest absolute Gasteiger partial charge is 0.472 e. The summed E-state index contributed by atoms with van der Waals surface area (Å²) in [5.74, 6) is 0. The van der Waals surface area contributed by atoms with Crippen LogP contribution in [0.25, 0.3) is 0 Å². The second kappa shape index (κ2) is 6.93. The fraction of sp³-hybridized carbons (Fsp3) is 0.222. The molecule has 0 atom stereocenters. The van der Waals surface area contributed by atoms with Crippen LogP contribution in [-0.4, -0.2) is 12.7 Å². The summed E-state index contributed by atoms with van der Waals surface area (Å²) in [6, 6.07) is 10.9. The molecule has 6 heteroatoms. The van der Waals surface area contributed by atoms with E-state index in [4.69, 9.17) is 4.42 Å². The third-order valence-electron chi connectivity index (χ3n) is 3.97. The van der Waals surface area contributed by atoms with Crippen LogP contribution in [0.1, 0.15) is 21.6 Å². The zero-order valence-electron chi connectivity index (χ0n) is 13.6. The zero-order chi connectivity index (χ0) is 17.2. The molecule has 0 aliphatic heterocycles. The molecule has 1 aromatic carbocycles. The molecule has 2 aromatic heterocycles. The lowest BCUT2D eigenvalue weighted by Gasteiger charge is -2.21. The van der Waals surface area contributed by atoms with E-state index >= 15 is 0 Å². The predicted molar refractivity (Wildman–Crippen MR) is 95.4 cm³/mol. The second-order valence-electron chi connectivity index (χ2n) is 5.73. The summed E-state index contributed by atoms with van der Waals surface area (Å²) in [5.41, 5.74) is 2.88. The summed E-state index contributed by atoms with van der Waals surface area (Å²) < 4.78 is 32.9. The van der Waals surface area contributed by atoms with Gasteiger partial charge >= 0.3 is 0 Å². The summed E-state index contributed by atoms with van der Waals surface area (Å²) >= 11 is 1.55. The number of hydrogen-bond acceptors (Lipinski definition) is 4. The molecule has 0 spiro atoms. The lowest BCUT2D eigenvalue weighted by molar-refractivity contribution is 0.402. The maximum atomic E-state index is 13.1. The van der Waals surface area contributed by atoms with Gasteiger partial charge in [0.15, 0.2) is 0 Å². The third kappa shape index (κ3) is 3.61. The van der Waals surface area contributed by atoms with E-state index in [-0.39, 0.29) is 6.54 Å². The van der Waals surface area contributed by atoms with Crippen molar-refractivity contribution in [1.29, 1.82) is 0 Å². The first kappa shape index (κ1) is 17.0. The Balaban J connectivity index is 1.97. The van der Waals surface area contributed by atoms with Crippen molar-refractivity contribution in [2.24, 2.45) is 0 Å². The molecule has 24 heavy (non-hydrogen) atoms. The number of aryl methyl sites for hydroxylation is 2. The van der Waals surface area contributed by atoms with E-state index in [2.05, 4.69) is 0 Å². The quantitative estimate of drug-likeness (QED) is 0.656. The number of nitrogens with zero attached hydrogens (tertiary/aromatic N) is 1. The van der Waals surface area contributed by atoms with Gasteiger partial charge in [-0.25, -0.2) is 8.42 Å². The van der Waals surface area contributed by atoms with Gasteiger partial charge in [-0.05, 0) is 54.6 Å². The number of thiophene rings is 1. The van der Waals surface area contributed by atoms with Gasteiger partial charge in [0.05, 0.1) is 17.4 Å². The standard InChI is InChI=1S/C18H19NO3S2/c1-14-5-6-18(10-15(14)2)24(20,21)19(11-16-7-8-22-13-16)12-17-4-3-9-23-17/h3-10,13H,11-12H2,1-2H3. The van der Waals surface area contributed by atoms with E-state index in [1.165, 1.54) is 4.31 Å². The molecule has 126 valence electrons. The SMILES string of the molecule is Cc1ccc(S(=O)(=O)N(Cc2ccoc2)Cc2cccs2)cc1C. The summed E-state index contributed by atoms with van der Waals surface area (Å²) in [7, 11) is -3.59. The molecule has 3 aromatic rings. The molecule has 2 heterocycles. The number of hydrogen-bond donors (Lipinski definition) is 0. The summed E-state index contributed by atoms with van der Waals surface area (Å²) in [4.78, 5) is 1.33. The molecule has 0 saturated heterocycles. The molecule has 0 bridgehead atoms. The van der Waals surface area contributed by atoms with Crippen molar-refractivity contribution >= 4 is 21.4 Å². The van der Waals surface area contributed by atoms with Crippen LogP contribution in [-0.2, 0) is 23.1 Å². The van der Waals surface area contributed by atoms with E-state index in [0.717, 1.165) is 21.6 Å². The van der Waals surface area contributed by atoms with E-state index in [1.54, 1.807) is 42.1 Å². The Kier molecular flexibility index (Phi) is 4.89. The van der Waals surface area contributed by atoms with Crippen molar-refractivity contribution in [1.82, 2.24) is 4.31 Å². The molecule has 0 fully saturated rings. The molecule has 0 aliphatic rings. The Hall–Kier alpha value is -1.89. The maximum absolute atomic E-state index is 13.1. The number of rotatable bonds is 6. The Morgan fingerprint density at radius 3 is 2.54 bits per heavy atom. The first-order valence-electron chi connectivity index (χ1n) is 7.57. The van der Waals surface area contributed by atoms with Crippen LogP contribution in [0.5, 0.6) is 0 Å². The zero-order valence-corrected chi connectivity index (χ0v) is 15.2. The minimum absolute atomic E-state index is 0.281. The van der Waals surface area contributed by atoms with Gasteiger partial charge < -0.3 is 4.42 Å². The van der Waals surface area contributed by atoms with Crippen molar-refractivity contribution in [2.45, 2.75) is 31.8 Å². The Morgan fingerprint density at radius 1 is 1.08 bits per heavy atom. The predicted octanol–water partition coefficient (Wildman–Crippen LogP) is 4.35. The van der Waals surface area contributed by atoms with Gasteiger partial charge in [0.25, 0.3) is 0 Å². The lowest BCUT2D eigenvalue weighted by Crippen LogP contribution is -2.30. The fourth-order valence-electron chi connectivity index (χ4n) is 2.41. The number of sulfonamides is 1. The Morgan fingerprint density at radius 2 is 1.92 bits per heavy atom. The van der Waals surface area contributed by atoms with Crippen LogP contribution in [0.4, 0.5) is 0 Å². The van der Waals surface area contributed by atoms with Crippen molar-refractivity contribution in [2.75, 3.05) is 0 Å². The average molecular weight is 361 g/mol. The minimum Gasteiger partial charge on any atom is -0.472 e. The minimum atomic E-state index is -3.59. The highest BCUT2D eigenvalue weighted by atomic mass is 32.2. The lowest BCUT2D eigenvalue weighted by atomic mass is 10.1. The van der Waals surface area contributed by atoms with Crippen LogP contribution in [0.15, 0.2) is 63.6 Å². The van der Waals surface area contributed by atoms with E-state index < -0.39 is 10.0 Å². The smallest absolute Gasteiger partial charge is 0.243 e. The molecule has 0 aliphatic carbocycles. The number of benzene rings is 1. The van der Waals surface area contributed by atoms with Gasteiger partial charge in [0.2, 0.25) is 10.0 Å². The van der Waals surface area contributed by atoms with Crippen LogP contribution >= 0.6 is 11.3 Å². The van der Waals surface area contributed by atoms with Gasteiger partial charge in [-0.15, -0.1) is 11.3 Å². The third-order valence-corrected chi connectivity index (χ3v) is 6.62. The average Bonchev–Trinajstić information content (AvgIpc) is 3.23. The maximum Gasteiger partial charge on any atom is 0.243 e. The number of furan rings is 1. The van der Waals surface area contributed by atoms with Gasteiger partial charge in [-0.3, -0.25) is 0 Å². The van der Waals surface area contributed by atoms with E-state index in [1.807, 2.05) is 37.4 Å². The molecular formula is C18H19NO3S2. The van der Waals surface area contributed by atoms with Crippen molar-refractivity contribution < 1.29 is 12.8 Å².